The molecule has 5 nitrogen and oxygen atoms in total. The first-order chi connectivity index (χ1) is 9.88. The standard InChI is InChI=1S/C14H13ClFN3O2/c1-9-3-4-10(5-13(9)16)8-18(2)14-12(15)6-11(7-17-14)19(20)21/h3-7H,8H2,1-2H3. The molecule has 0 fully saturated rings. The van der Waals surface area contributed by atoms with Gasteiger partial charge < -0.3 is 4.90 Å². The van der Waals surface area contributed by atoms with Gasteiger partial charge >= 0.3 is 0 Å². The third kappa shape index (κ3) is 3.46. The monoisotopic (exact) mass is 309 g/mol. The summed E-state index contributed by atoms with van der Waals surface area (Å²) in [6, 6.07) is 6.21. The molecule has 0 amide bonds. The minimum atomic E-state index is -0.558. The number of nitro groups is 1. The zero-order valence-electron chi connectivity index (χ0n) is 11.5. The Morgan fingerprint density at radius 1 is 1.43 bits per heavy atom. The van der Waals surface area contributed by atoms with E-state index < -0.39 is 4.92 Å². The van der Waals surface area contributed by atoms with Crippen LogP contribution >= 0.6 is 11.6 Å². The first-order valence-electron chi connectivity index (χ1n) is 6.14. The van der Waals surface area contributed by atoms with Crippen molar-refractivity contribution in [3.05, 3.63) is 62.5 Å². The lowest BCUT2D eigenvalue weighted by atomic mass is 10.1. The fraction of sp³-hybridized carbons (Fsp3) is 0.214. The van der Waals surface area contributed by atoms with Gasteiger partial charge in [-0.2, -0.15) is 0 Å². The van der Waals surface area contributed by atoms with Crippen molar-refractivity contribution in [2.75, 3.05) is 11.9 Å². The molecule has 0 unspecified atom stereocenters. The lowest BCUT2D eigenvalue weighted by molar-refractivity contribution is -0.385. The van der Waals surface area contributed by atoms with E-state index in [9.17, 15) is 14.5 Å². The third-order valence-corrected chi connectivity index (χ3v) is 3.31. The number of hydrogen-bond donors (Lipinski definition) is 0. The molecule has 0 saturated carbocycles. The van der Waals surface area contributed by atoms with E-state index >= 15 is 0 Å². The predicted molar refractivity (Wildman–Crippen MR) is 79.1 cm³/mol. The molecule has 2 rings (SSSR count). The molecule has 110 valence electrons. The van der Waals surface area contributed by atoms with Gasteiger partial charge in [-0.1, -0.05) is 23.7 Å². The maximum atomic E-state index is 13.5. The van der Waals surface area contributed by atoms with Gasteiger partial charge in [-0.25, -0.2) is 9.37 Å². The average molecular weight is 310 g/mol. The fourth-order valence-corrected chi connectivity index (χ4v) is 2.19. The molecule has 21 heavy (non-hydrogen) atoms. The van der Waals surface area contributed by atoms with Crippen molar-refractivity contribution < 1.29 is 9.31 Å². The van der Waals surface area contributed by atoms with Crippen molar-refractivity contribution in [2.24, 2.45) is 0 Å². The zero-order valence-corrected chi connectivity index (χ0v) is 12.3. The maximum Gasteiger partial charge on any atom is 0.289 e. The molecule has 0 radical (unpaired) electrons. The van der Waals surface area contributed by atoms with E-state index in [1.165, 1.54) is 12.1 Å². The van der Waals surface area contributed by atoms with E-state index in [4.69, 9.17) is 11.6 Å². The molecular weight excluding hydrogens is 297 g/mol. The number of hydrogen-bond acceptors (Lipinski definition) is 4. The molecule has 1 aromatic heterocycles. The van der Waals surface area contributed by atoms with Crippen molar-refractivity contribution in [1.29, 1.82) is 0 Å². The lowest BCUT2D eigenvalue weighted by Crippen LogP contribution is -2.18. The largest absolute Gasteiger partial charge is 0.354 e. The van der Waals surface area contributed by atoms with Crippen molar-refractivity contribution in [3.63, 3.8) is 0 Å². The van der Waals surface area contributed by atoms with Gasteiger partial charge in [-0.15, -0.1) is 0 Å². The topological polar surface area (TPSA) is 59.3 Å². The first-order valence-corrected chi connectivity index (χ1v) is 6.52. The van der Waals surface area contributed by atoms with Gasteiger partial charge in [0.15, 0.2) is 0 Å². The Hall–Kier alpha value is -2.21. The highest BCUT2D eigenvalue weighted by atomic mass is 35.5. The number of benzene rings is 1. The summed E-state index contributed by atoms with van der Waals surface area (Å²) in [5.41, 5.74) is 1.17. The van der Waals surface area contributed by atoms with Crippen LogP contribution in [-0.4, -0.2) is 17.0 Å². The summed E-state index contributed by atoms with van der Waals surface area (Å²) in [5, 5.41) is 10.8. The predicted octanol–water partition coefficient (Wildman–Crippen LogP) is 3.73. The van der Waals surface area contributed by atoms with E-state index in [1.54, 1.807) is 24.9 Å². The second kappa shape index (κ2) is 6.05. The van der Waals surface area contributed by atoms with Crippen LogP contribution in [0.4, 0.5) is 15.9 Å². The van der Waals surface area contributed by atoms with Crippen LogP contribution in [0.1, 0.15) is 11.1 Å². The lowest BCUT2D eigenvalue weighted by Gasteiger charge is -2.19. The molecule has 0 aliphatic carbocycles. The van der Waals surface area contributed by atoms with Gasteiger partial charge in [0, 0.05) is 19.7 Å². The Morgan fingerprint density at radius 3 is 2.71 bits per heavy atom. The number of aryl methyl sites for hydroxylation is 1. The number of aromatic nitrogens is 1. The van der Waals surface area contributed by atoms with Crippen LogP contribution in [0.2, 0.25) is 5.02 Å². The second-order valence-corrected chi connectivity index (χ2v) is 5.10. The molecule has 0 aliphatic rings. The minimum Gasteiger partial charge on any atom is -0.354 e. The molecule has 7 heteroatoms. The van der Waals surface area contributed by atoms with Crippen LogP contribution in [0.25, 0.3) is 0 Å². The van der Waals surface area contributed by atoms with E-state index in [0.29, 0.717) is 17.9 Å². The van der Waals surface area contributed by atoms with Crippen LogP contribution in [0, 0.1) is 22.9 Å². The molecular formula is C14H13ClFN3O2. The van der Waals surface area contributed by atoms with Gasteiger partial charge in [0.2, 0.25) is 0 Å². The second-order valence-electron chi connectivity index (χ2n) is 4.70. The SMILES string of the molecule is Cc1ccc(CN(C)c2ncc([N+](=O)[O-])cc2Cl)cc1F. The van der Waals surface area contributed by atoms with Crippen molar-refractivity contribution >= 4 is 23.1 Å². The van der Waals surface area contributed by atoms with Gasteiger partial charge in [0.1, 0.15) is 17.8 Å². The molecule has 0 saturated heterocycles. The Morgan fingerprint density at radius 2 is 2.14 bits per heavy atom. The van der Waals surface area contributed by atoms with Gasteiger partial charge in [-0.3, -0.25) is 10.1 Å². The molecule has 0 bridgehead atoms. The van der Waals surface area contributed by atoms with Crippen molar-refractivity contribution in [3.8, 4) is 0 Å². The number of halogens is 2. The minimum absolute atomic E-state index is 0.168. The summed E-state index contributed by atoms with van der Waals surface area (Å²) >= 11 is 6.01. The summed E-state index contributed by atoms with van der Waals surface area (Å²) in [5.74, 6) is 0.131. The van der Waals surface area contributed by atoms with Crippen molar-refractivity contribution in [1.82, 2.24) is 4.98 Å². The number of rotatable bonds is 4. The highest BCUT2D eigenvalue weighted by Gasteiger charge is 2.14. The molecule has 0 aliphatic heterocycles. The summed E-state index contributed by atoms with van der Waals surface area (Å²) < 4.78 is 13.5. The van der Waals surface area contributed by atoms with E-state index in [1.807, 2.05) is 6.07 Å². The fourth-order valence-electron chi connectivity index (χ4n) is 1.88. The molecule has 0 atom stereocenters. The summed E-state index contributed by atoms with van der Waals surface area (Å²) in [7, 11) is 1.73. The molecule has 0 N–H and O–H groups in total. The Balaban J connectivity index is 2.21. The number of anilines is 1. The molecule has 1 aromatic carbocycles. The van der Waals surface area contributed by atoms with Crippen LogP contribution in [0.3, 0.4) is 0 Å². The van der Waals surface area contributed by atoms with E-state index in [-0.39, 0.29) is 16.5 Å². The Kier molecular flexibility index (Phi) is 4.37. The van der Waals surface area contributed by atoms with Gasteiger partial charge in [0.05, 0.1) is 9.95 Å². The van der Waals surface area contributed by atoms with Crippen LogP contribution in [0.5, 0.6) is 0 Å². The van der Waals surface area contributed by atoms with Crippen LogP contribution in [0.15, 0.2) is 30.5 Å². The Labute approximate surface area is 126 Å². The molecule has 0 spiro atoms. The van der Waals surface area contributed by atoms with E-state index in [0.717, 1.165) is 11.8 Å². The van der Waals surface area contributed by atoms with Crippen molar-refractivity contribution in [2.45, 2.75) is 13.5 Å². The maximum absolute atomic E-state index is 13.5. The molecule has 2 aromatic rings. The summed E-state index contributed by atoms with van der Waals surface area (Å²) in [6.45, 7) is 2.08. The summed E-state index contributed by atoms with van der Waals surface area (Å²) in [6.07, 6.45) is 1.15. The number of nitrogens with zero attached hydrogens (tertiary/aromatic N) is 3. The van der Waals surface area contributed by atoms with Gasteiger partial charge in [0.25, 0.3) is 5.69 Å². The van der Waals surface area contributed by atoms with Crippen LogP contribution in [-0.2, 0) is 6.54 Å². The normalized spacial score (nSPS) is 10.5. The van der Waals surface area contributed by atoms with Gasteiger partial charge in [-0.05, 0) is 24.1 Å². The number of pyridine rings is 1. The first kappa shape index (κ1) is 15.2. The quantitative estimate of drug-likeness (QED) is 0.638. The smallest absolute Gasteiger partial charge is 0.289 e. The zero-order chi connectivity index (χ0) is 15.6. The third-order valence-electron chi connectivity index (χ3n) is 3.04. The molecule has 1 heterocycles. The highest BCUT2D eigenvalue weighted by molar-refractivity contribution is 6.33. The van der Waals surface area contributed by atoms with Crippen LogP contribution < -0.4 is 4.90 Å². The average Bonchev–Trinajstić information content (AvgIpc) is 2.42. The Bertz CT molecular complexity index is 694. The van der Waals surface area contributed by atoms with E-state index in [2.05, 4.69) is 4.98 Å². The highest BCUT2D eigenvalue weighted by Crippen LogP contribution is 2.27. The summed E-state index contributed by atoms with van der Waals surface area (Å²) in [4.78, 5) is 15.8.